The predicted octanol–water partition coefficient (Wildman–Crippen LogP) is 3.32. The molecule has 1 saturated carbocycles. The number of hydrogen-bond acceptors (Lipinski definition) is 3. The number of halogens is 1. The van der Waals surface area contributed by atoms with Crippen LogP contribution in [0, 0.1) is 5.92 Å². The lowest BCUT2D eigenvalue weighted by molar-refractivity contribution is -0.122. The van der Waals surface area contributed by atoms with Crippen molar-refractivity contribution >= 4 is 28.4 Å². The molecule has 1 heterocycles. The van der Waals surface area contributed by atoms with Crippen molar-refractivity contribution < 1.29 is 4.79 Å². The van der Waals surface area contributed by atoms with Crippen LogP contribution < -0.4 is 10.9 Å². The van der Waals surface area contributed by atoms with Gasteiger partial charge in [0.2, 0.25) is 5.91 Å². The predicted molar refractivity (Wildman–Crippen MR) is 101 cm³/mol. The van der Waals surface area contributed by atoms with Crippen LogP contribution in [0.25, 0.3) is 10.9 Å². The van der Waals surface area contributed by atoms with Gasteiger partial charge in [0, 0.05) is 5.02 Å². The van der Waals surface area contributed by atoms with E-state index in [0.29, 0.717) is 21.8 Å². The zero-order valence-electron chi connectivity index (χ0n) is 14.1. The number of para-hydroxylation sites is 1. The molecule has 132 valence electrons. The Morgan fingerprint density at radius 3 is 2.65 bits per heavy atom. The van der Waals surface area contributed by atoms with Crippen LogP contribution in [-0.2, 0) is 11.3 Å². The molecule has 6 heteroatoms. The largest absolute Gasteiger partial charge is 0.347 e. The van der Waals surface area contributed by atoms with E-state index in [0.717, 1.165) is 18.4 Å². The zero-order chi connectivity index (χ0) is 18.1. The molecule has 0 unspecified atom stereocenters. The highest BCUT2D eigenvalue weighted by atomic mass is 35.5. The first-order chi connectivity index (χ1) is 12.6. The maximum atomic E-state index is 12.6. The highest BCUT2D eigenvalue weighted by Crippen LogP contribution is 2.41. The van der Waals surface area contributed by atoms with Gasteiger partial charge in [-0.15, -0.1) is 0 Å². The van der Waals surface area contributed by atoms with Gasteiger partial charge in [-0.05, 0) is 48.6 Å². The molecule has 0 aliphatic heterocycles. The summed E-state index contributed by atoms with van der Waals surface area (Å²) in [6, 6.07) is 14.6. The van der Waals surface area contributed by atoms with Gasteiger partial charge in [0.1, 0.15) is 6.54 Å². The highest BCUT2D eigenvalue weighted by molar-refractivity contribution is 6.30. The van der Waals surface area contributed by atoms with Crippen molar-refractivity contribution in [2.75, 3.05) is 0 Å². The topological polar surface area (TPSA) is 64.0 Å². The average molecular weight is 368 g/mol. The van der Waals surface area contributed by atoms with Gasteiger partial charge in [-0.25, -0.2) is 4.98 Å². The number of benzene rings is 2. The molecule has 2 aromatic carbocycles. The summed E-state index contributed by atoms with van der Waals surface area (Å²) in [5.41, 5.74) is 1.46. The number of hydrogen-bond donors (Lipinski definition) is 1. The smallest absolute Gasteiger partial charge is 0.261 e. The third kappa shape index (κ3) is 3.48. The summed E-state index contributed by atoms with van der Waals surface area (Å²) >= 11 is 5.96. The van der Waals surface area contributed by atoms with Crippen molar-refractivity contribution in [3.05, 3.63) is 75.8 Å². The fourth-order valence-electron chi connectivity index (χ4n) is 3.17. The maximum Gasteiger partial charge on any atom is 0.261 e. The van der Waals surface area contributed by atoms with Crippen LogP contribution in [0.3, 0.4) is 0 Å². The first kappa shape index (κ1) is 16.8. The second-order valence-electron chi connectivity index (χ2n) is 6.63. The van der Waals surface area contributed by atoms with E-state index in [1.165, 1.54) is 10.9 Å². The second kappa shape index (κ2) is 6.92. The van der Waals surface area contributed by atoms with E-state index in [1.54, 1.807) is 18.2 Å². The number of carbonyl (C=O) groups excluding carboxylic acids is 1. The second-order valence-corrected chi connectivity index (χ2v) is 7.07. The van der Waals surface area contributed by atoms with E-state index in [2.05, 4.69) is 10.3 Å². The normalized spacial score (nSPS) is 15.0. The van der Waals surface area contributed by atoms with Crippen LogP contribution in [0.4, 0.5) is 0 Å². The fourth-order valence-corrected chi connectivity index (χ4v) is 3.29. The van der Waals surface area contributed by atoms with Crippen molar-refractivity contribution in [2.24, 2.45) is 5.92 Å². The number of amides is 1. The molecule has 0 bridgehead atoms. The van der Waals surface area contributed by atoms with Gasteiger partial charge in [0.15, 0.2) is 0 Å². The molecule has 4 rings (SSSR count). The van der Waals surface area contributed by atoms with Crippen molar-refractivity contribution in [2.45, 2.75) is 25.4 Å². The van der Waals surface area contributed by atoms with Crippen LogP contribution in [-0.4, -0.2) is 15.5 Å². The molecule has 3 aromatic rings. The number of nitrogens with zero attached hydrogens (tertiary/aromatic N) is 2. The van der Waals surface area contributed by atoms with Crippen molar-refractivity contribution in [1.82, 2.24) is 14.9 Å². The van der Waals surface area contributed by atoms with E-state index in [1.807, 2.05) is 30.3 Å². The highest BCUT2D eigenvalue weighted by Gasteiger charge is 2.33. The Morgan fingerprint density at radius 1 is 1.19 bits per heavy atom. The standard InChI is InChI=1S/C20H18ClN3O2/c21-15-9-7-14(8-10-15)19(13-5-6-13)23-18(25)11-24-12-22-17-4-2-1-3-16(17)20(24)26/h1-4,7-10,12-13,19H,5-6,11H2,(H,23,25)/t19-/m0/s1. The molecule has 1 amide bonds. The van der Waals surface area contributed by atoms with Gasteiger partial charge in [0.05, 0.1) is 23.3 Å². The van der Waals surface area contributed by atoms with Crippen LogP contribution in [0.2, 0.25) is 5.02 Å². The Hall–Kier alpha value is -2.66. The van der Waals surface area contributed by atoms with Crippen LogP contribution >= 0.6 is 11.6 Å². The molecule has 1 aliphatic carbocycles. The SMILES string of the molecule is O=C(Cn1cnc2ccccc2c1=O)N[C@H](c1ccc(Cl)cc1)C1CC1. The molecule has 0 radical (unpaired) electrons. The van der Waals surface area contributed by atoms with Gasteiger partial charge >= 0.3 is 0 Å². The van der Waals surface area contributed by atoms with E-state index in [9.17, 15) is 9.59 Å². The molecular formula is C20H18ClN3O2. The molecule has 0 spiro atoms. The first-order valence-corrected chi connectivity index (χ1v) is 8.98. The average Bonchev–Trinajstić information content (AvgIpc) is 3.48. The molecular weight excluding hydrogens is 350 g/mol. The quantitative estimate of drug-likeness (QED) is 0.752. The monoisotopic (exact) mass is 367 g/mol. The molecule has 1 fully saturated rings. The summed E-state index contributed by atoms with van der Waals surface area (Å²) in [5, 5.41) is 4.25. The molecule has 1 atom stereocenters. The van der Waals surface area contributed by atoms with Crippen molar-refractivity contribution in [3.8, 4) is 0 Å². The molecule has 26 heavy (non-hydrogen) atoms. The Balaban J connectivity index is 1.53. The third-order valence-corrected chi connectivity index (χ3v) is 4.94. The number of rotatable bonds is 5. The summed E-state index contributed by atoms with van der Waals surface area (Å²) in [6.07, 6.45) is 3.61. The first-order valence-electron chi connectivity index (χ1n) is 8.61. The number of fused-ring (bicyclic) bond motifs is 1. The summed E-state index contributed by atoms with van der Waals surface area (Å²) in [4.78, 5) is 29.3. The van der Waals surface area contributed by atoms with Crippen molar-refractivity contribution in [3.63, 3.8) is 0 Å². The summed E-state index contributed by atoms with van der Waals surface area (Å²) in [7, 11) is 0. The summed E-state index contributed by atoms with van der Waals surface area (Å²) < 4.78 is 1.35. The number of aromatic nitrogens is 2. The fraction of sp³-hybridized carbons (Fsp3) is 0.250. The van der Waals surface area contributed by atoms with Gasteiger partial charge in [-0.1, -0.05) is 35.9 Å². The van der Waals surface area contributed by atoms with Crippen LogP contribution in [0.1, 0.15) is 24.4 Å². The Kier molecular flexibility index (Phi) is 4.47. The third-order valence-electron chi connectivity index (χ3n) is 4.68. The lowest BCUT2D eigenvalue weighted by atomic mass is 10.0. The van der Waals surface area contributed by atoms with E-state index in [4.69, 9.17) is 11.6 Å². The molecule has 0 saturated heterocycles. The van der Waals surface area contributed by atoms with Gasteiger partial charge in [0.25, 0.3) is 5.56 Å². The minimum absolute atomic E-state index is 0.0481. The summed E-state index contributed by atoms with van der Waals surface area (Å²) in [5.74, 6) is 0.239. The zero-order valence-corrected chi connectivity index (χ0v) is 14.8. The molecule has 1 aromatic heterocycles. The summed E-state index contributed by atoms with van der Waals surface area (Å²) in [6.45, 7) is -0.0481. The lowest BCUT2D eigenvalue weighted by Gasteiger charge is -2.19. The van der Waals surface area contributed by atoms with Crippen molar-refractivity contribution in [1.29, 1.82) is 0 Å². The lowest BCUT2D eigenvalue weighted by Crippen LogP contribution is -2.35. The van der Waals surface area contributed by atoms with Gasteiger partial charge in [-0.2, -0.15) is 0 Å². The van der Waals surface area contributed by atoms with Crippen LogP contribution in [0.5, 0.6) is 0 Å². The van der Waals surface area contributed by atoms with E-state index < -0.39 is 0 Å². The van der Waals surface area contributed by atoms with Gasteiger partial charge < -0.3 is 5.32 Å². The minimum atomic E-state index is -0.208. The van der Waals surface area contributed by atoms with Crippen LogP contribution in [0.15, 0.2) is 59.7 Å². The minimum Gasteiger partial charge on any atom is -0.347 e. The van der Waals surface area contributed by atoms with Gasteiger partial charge in [-0.3, -0.25) is 14.2 Å². The molecule has 1 N–H and O–H groups in total. The number of carbonyl (C=O) groups is 1. The Labute approximate surface area is 155 Å². The molecule has 1 aliphatic rings. The maximum absolute atomic E-state index is 12.6. The number of nitrogens with one attached hydrogen (secondary N) is 1. The Morgan fingerprint density at radius 2 is 1.92 bits per heavy atom. The molecule has 5 nitrogen and oxygen atoms in total. The van der Waals surface area contributed by atoms with E-state index in [-0.39, 0.29) is 24.1 Å². The Bertz CT molecular complexity index is 1010. The van der Waals surface area contributed by atoms with E-state index >= 15 is 0 Å².